The maximum atomic E-state index is 12.5. The Kier molecular flexibility index (Phi) is 5.75. The van der Waals surface area contributed by atoms with Gasteiger partial charge in [0.05, 0.1) is 29.1 Å². The smallest absolute Gasteiger partial charge is 0.344 e. The highest BCUT2D eigenvalue weighted by Crippen LogP contribution is 2.23. The van der Waals surface area contributed by atoms with Crippen molar-refractivity contribution in [2.45, 2.75) is 42.8 Å². The number of carbonyl (C=O) groups excluding carboxylic acids is 1. The van der Waals surface area contributed by atoms with Crippen LogP contribution in [0.2, 0.25) is 0 Å². The lowest BCUT2D eigenvalue weighted by atomic mass is 10.2. The van der Waals surface area contributed by atoms with E-state index in [1.807, 2.05) is 6.07 Å². The first kappa shape index (κ1) is 18.2. The number of amides is 1. The van der Waals surface area contributed by atoms with E-state index >= 15 is 0 Å². The first-order valence-corrected chi connectivity index (χ1v) is 9.20. The molecule has 2 atom stereocenters. The van der Waals surface area contributed by atoms with Crippen LogP contribution in [0.1, 0.15) is 25.3 Å². The van der Waals surface area contributed by atoms with Gasteiger partial charge in [0.25, 0.3) is 0 Å². The summed E-state index contributed by atoms with van der Waals surface area (Å²) in [5.41, 5.74) is 0.546. The van der Waals surface area contributed by atoms with Crippen molar-refractivity contribution >= 4 is 23.4 Å². The fourth-order valence-electron chi connectivity index (χ4n) is 2.68. The highest BCUT2D eigenvalue weighted by molar-refractivity contribution is 8.00. The predicted octanol–water partition coefficient (Wildman–Crippen LogP) is 1.74. The zero-order chi connectivity index (χ0) is 18.5. The van der Waals surface area contributed by atoms with Crippen LogP contribution in [-0.4, -0.2) is 38.6 Å². The molecule has 26 heavy (non-hydrogen) atoms. The van der Waals surface area contributed by atoms with E-state index in [0.29, 0.717) is 29.6 Å². The number of hydrogen-bond donors (Lipinski definition) is 2. The Bertz CT molecular complexity index is 879. The Morgan fingerprint density at radius 2 is 2.38 bits per heavy atom. The van der Waals surface area contributed by atoms with Crippen molar-refractivity contribution in [2.24, 2.45) is 0 Å². The van der Waals surface area contributed by atoms with E-state index in [2.05, 4.69) is 15.5 Å². The summed E-state index contributed by atoms with van der Waals surface area (Å²) < 4.78 is 7.08. The SMILES string of the molecule is C[C@@H](Sc1n[nH]c(=O)n1C[C@@H]1CCCO1)C(=O)Nc1ccccc1C#N. The summed E-state index contributed by atoms with van der Waals surface area (Å²) in [5.74, 6) is -0.267. The average Bonchev–Trinajstić information content (AvgIpc) is 3.27. The van der Waals surface area contributed by atoms with E-state index in [1.54, 1.807) is 31.2 Å². The molecule has 1 saturated heterocycles. The molecule has 8 nitrogen and oxygen atoms in total. The molecule has 1 aromatic heterocycles. The molecule has 0 saturated carbocycles. The van der Waals surface area contributed by atoms with Crippen molar-refractivity contribution in [1.29, 1.82) is 5.26 Å². The molecule has 0 unspecified atom stereocenters. The Morgan fingerprint density at radius 1 is 1.58 bits per heavy atom. The number of aromatic nitrogens is 3. The van der Waals surface area contributed by atoms with Crippen LogP contribution in [0.25, 0.3) is 0 Å². The quantitative estimate of drug-likeness (QED) is 0.746. The predicted molar refractivity (Wildman–Crippen MR) is 96.9 cm³/mol. The average molecular weight is 373 g/mol. The van der Waals surface area contributed by atoms with Crippen LogP contribution in [0, 0.1) is 11.3 Å². The number of rotatable bonds is 6. The second-order valence-corrected chi connectivity index (χ2v) is 7.27. The summed E-state index contributed by atoms with van der Waals surface area (Å²) in [6.07, 6.45) is 1.89. The minimum absolute atomic E-state index is 0.00344. The van der Waals surface area contributed by atoms with E-state index in [1.165, 1.54) is 16.3 Å². The summed E-state index contributed by atoms with van der Waals surface area (Å²) in [7, 11) is 0. The summed E-state index contributed by atoms with van der Waals surface area (Å²) in [6.45, 7) is 2.85. The number of para-hydroxylation sites is 1. The van der Waals surface area contributed by atoms with Gasteiger partial charge in [-0.1, -0.05) is 23.9 Å². The fourth-order valence-corrected chi connectivity index (χ4v) is 3.55. The third-order valence-corrected chi connectivity index (χ3v) is 5.18. The molecule has 9 heteroatoms. The standard InChI is InChI=1S/C17H19N5O3S/c1-11(15(23)19-14-7-3-2-5-12(14)9-18)26-17-21-20-16(24)22(17)10-13-6-4-8-25-13/h2-3,5,7,11,13H,4,6,8,10H2,1H3,(H,19,23)(H,20,24)/t11-,13+/m1/s1. The Hall–Kier alpha value is -2.57. The van der Waals surface area contributed by atoms with Crippen molar-refractivity contribution in [3.8, 4) is 6.07 Å². The monoisotopic (exact) mass is 373 g/mol. The third kappa shape index (κ3) is 4.15. The molecule has 1 aromatic carbocycles. The van der Waals surface area contributed by atoms with Gasteiger partial charge in [-0.15, -0.1) is 5.10 Å². The summed E-state index contributed by atoms with van der Waals surface area (Å²) in [6, 6.07) is 8.85. The molecule has 0 aliphatic carbocycles. The van der Waals surface area contributed by atoms with E-state index in [-0.39, 0.29) is 17.7 Å². The highest BCUT2D eigenvalue weighted by Gasteiger charge is 2.23. The van der Waals surface area contributed by atoms with Gasteiger partial charge in [0.15, 0.2) is 5.16 Å². The number of hydrogen-bond acceptors (Lipinski definition) is 6. The molecular weight excluding hydrogens is 354 g/mol. The number of nitriles is 1. The first-order chi connectivity index (χ1) is 12.6. The van der Waals surface area contributed by atoms with Crippen molar-refractivity contribution in [3.05, 3.63) is 40.3 Å². The van der Waals surface area contributed by atoms with Crippen LogP contribution >= 0.6 is 11.8 Å². The molecule has 2 heterocycles. The van der Waals surface area contributed by atoms with Crippen LogP contribution in [-0.2, 0) is 16.1 Å². The minimum atomic E-state index is -0.500. The molecule has 3 rings (SSSR count). The second-order valence-electron chi connectivity index (χ2n) is 5.96. The number of nitrogens with zero attached hydrogens (tertiary/aromatic N) is 3. The molecule has 0 bridgehead atoms. The summed E-state index contributed by atoms with van der Waals surface area (Å²) in [4.78, 5) is 24.4. The molecule has 1 aliphatic heterocycles. The molecule has 1 fully saturated rings. The fraction of sp³-hybridized carbons (Fsp3) is 0.412. The number of carbonyl (C=O) groups is 1. The minimum Gasteiger partial charge on any atom is -0.376 e. The first-order valence-electron chi connectivity index (χ1n) is 8.32. The lowest BCUT2D eigenvalue weighted by Crippen LogP contribution is -2.27. The van der Waals surface area contributed by atoms with Crippen LogP contribution in [0.5, 0.6) is 0 Å². The number of benzene rings is 1. The van der Waals surface area contributed by atoms with Crippen LogP contribution in [0.3, 0.4) is 0 Å². The molecule has 0 spiro atoms. The lowest BCUT2D eigenvalue weighted by molar-refractivity contribution is -0.115. The van der Waals surface area contributed by atoms with Crippen LogP contribution in [0.4, 0.5) is 5.69 Å². The lowest BCUT2D eigenvalue weighted by Gasteiger charge is -2.14. The van der Waals surface area contributed by atoms with Crippen molar-refractivity contribution in [2.75, 3.05) is 11.9 Å². The maximum absolute atomic E-state index is 12.5. The van der Waals surface area contributed by atoms with Gasteiger partial charge in [-0.3, -0.25) is 9.36 Å². The maximum Gasteiger partial charge on any atom is 0.344 e. The molecule has 1 aliphatic rings. The van der Waals surface area contributed by atoms with Gasteiger partial charge in [-0.2, -0.15) is 5.26 Å². The molecule has 1 amide bonds. The zero-order valence-electron chi connectivity index (χ0n) is 14.3. The Balaban J connectivity index is 1.68. The highest BCUT2D eigenvalue weighted by atomic mass is 32.2. The largest absolute Gasteiger partial charge is 0.376 e. The van der Waals surface area contributed by atoms with E-state index in [4.69, 9.17) is 10.00 Å². The van der Waals surface area contributed by atoms with Crippen molar-refractivity contribution in [1.82, 2.24) is 14.8 Å². The van der Waals surface area contributed by atoms with Gasteiger partial charge in [-0.25, -0.2) is 9.89 Å². The number of nitrogens with one attached hydrogen (secondary N) is 2. The van der Waals surface area contributed by atoms with Crippen molar-refractivity contribution < 1.29 is 9.53 Å². The number of aromatic amines is 1. The van der Waals surface area contributed by atoms with E-state index in [9.17, 15) is 9.59 Å². The second kappa shape index (κ2) is 8.21. The number of thioether (sulfide) groups is 1. The number of H-pyrrole nitrogens is 1. The Morgan fingerprint density at radius 3 is 3.12 bits per heavy atom. The summed E-state index contributed by atoms with van der Waals surface area (Å²) in [5, 5.41) is 18.3. The van der Waals surface area contributed by atoms with E-state index in [0.717, 1.165) is 12.8 Å². The van der Waals surface area contributed by atoms with Gasteiger partial charge in [0.2, 0.25) is 5.91 Å². The van der Waals surface area contributed by atoms with Gasteiger partial charge < -0.3 is 10.1 Å². The summed E-state index contributed by atoms with van der Waals surface area (Å²) >= 11 is 1.19. The Labute approximate surface area is 154 Å². The topological polar surface area (TPSA) is 113 Å². The number of anilines is 1. The third-order valence-electron chi connectivity index (χ3n) is 4.09. The molecular formula is C17H19N5O3S. The zero-order valence-corrected chi connectivity index (χ0v) is 15.1. The van der Waals surface area contributed by atoms with E-state index < -0.39 is 5.25 Å². The van der Waals surface area contributed by atoms with Crippen molar-refractivity contribution in [3.63, 3.8) is 0 Å². The normalized spacial score (nSPS) is 17.6. The molecule has 136 valence electrons. The number of ether oxygens (including phenoxy) is 1. The van der Waals surface area contributed by atoms with Gasteiger partial charge in [-0.05, 0) is 31.9 Å². The molecule has 2 aromatic rings. The van der Waals surface area contributed by atoms with Crippen LogP contribution in [0.15, 0.2) is 34.2 Å². The van der Waals surface area contributed by atoms with Gasteiger partial charge in [0.1, 0.15) is 6.07 Å². The molecule has 2 N–H and O–H groups in total. The molecule has 0 radical (unpaired) electrons. The van der Waals surface area contributed by atoms with Gasteiger partial charge >= 0.3 is 5.69 Å². The van der Waals surface area contributed by atoms with Gasteiger partial charge in [0, 0.05) is 6.61 Å². The van der Waals surface area contributed by atoms with Crippen LogP contribution < -0.4 is 11.0 Å².